The molecule has 0 saturated carbocycles. The van der Waals surface area contributed by atoms with Gasteiger partial charge in [-0.15, -0.1) is 0 Å². The summed E-state index contributed by atoms with van der Waals surface area (Å²) in [5.41, 5.74) is 2.41. The SMILES string of the molecule is CCN(CC)c1ccc(NC2=NC(C(C)C)CCS2)cc1. The zero-order valence-electron chi connectivity index (χ0n) is 13.6. The predicted octanol–water partition coefficient (Wildman–Crippen LogP) is 4.46. The summed E-state index contributed by atoms with van der Waals surface area (Å²) in [6, 6.07) is 9.13. The molecule has 0 aliphatic carbocycles. The van der Waals surface area contributed by atoms with E-state index in [1.165, 1.54) is 12.1 Å². The van der Waals surface area contributed by atoms with Crippen LogP contribution in [0.3, 0.4) is 0 Å². The molecular formula is C17H27N3S. The molecule has 4 heteroatoms. The number of amidine groups is 1. The second-order valence-corrected chi connectivity index (χ2v) is 6.81. The van der Waals surface area contributed by atoms with E-state index in [4.69, 9.17) is 4.99 Å². The van der Waals surface area contributed by atoms with Gasteiger partial charge in [0, 0.05) is 30.2 Å². The number of nitrogens with zero attached hydrogens (tertiary/aromatic N) is 2. The number of anilines is 2. The smallest absolute Gasteiger partial charge is 0.161 e. The second-order valence-electron chi connectivity index (χ2n) is 5.73. The maximum atomic E-state index is 4.82. The van der Waals surface area contributed by atoms with Gasteiger partial charge in [0.2, 0.25) is 0 Å². The Morgan fingerprint density at radius 2 is 1.90 bits per heavy atom. The molecule has 0 fully saturated rings. The molecule has 116 valence electrons. The standard InChI is InChI=1S/C17H27N3S/c1-5-20(6-2)15-9-7-14(8-10-15)18-17-19-16(13(3)4)11-12-21-17/h7-10,13,16H,5-6,11-12H2,1-4H3,(H,18,19). The lowest BCUT2D eigenvalue weighted by atomic mass is 10.0. The number of rotatable bonds is 5. The third-order valence-electron chi connectivity index (χ3n) is 3.95. The minimum Gasteiger partial charge on any atom is -0.372 e. The molecule has 3 nitrogen and oxygen atoms in total. The van der Waals surface area contributed by atoms with Gasteiger partial charge in [0.05, 0.1) is 6.04 Å². The first kappa shape index (κ1) is 16.2. The summed E-state index contributed by atoms with van der Waals surface area (Å²) < 4.78 is 0. The van der Waals surface area contributed by atoms with Crippen molar-refractivity contribution in [3.63, 3.8) is 0 Å². The number of hydrogen-bond donors (Lipinski definition) is 1. The fourth-order valence-corrected chi connectivity index (χ4v) is 3.50. The zero-order chi connectivity index (χ0) is 15.2. The zero-order valence-corrected chi connectivity index (χ0v) is 14.4. The Morgan fingerprint density at radius 1 is 1.24 bits per heavy atom. The molecule has 1 aliphatic heterocycles. The van der Waals surface area contributed by atoms with E-state index in [0.29, 0.717) is 12.0 Å². The maximum absolute atomic E-state index is 4.82. The van der Waals surface area contributed by atoms with E-state index in [1.54, 1.807) is 0 Å². The maximum Gasteiger partial charge on any atom is 0.161 e. The van der Waals surface area contributed by atoms with Crippen molar-refractivity contribution in [1.29, 1.82) is 0 Å². The van der Waals surface area contributed by atoms with Crippen molar-refractivity contribution in [3.8, 4) is 0 Å². The lowest BCUT2D eigenvalue weighted by molar-refractivity contribution is 0.485. The molecule has 0 spiro atoms. The molecular weight excluding hydrogens is 278 g/mol. The van der Waals surface area contributed by atoms with Crippen molar-refractivity contribution in [2.75, 3.05) is 29.1 Å². The normalized spacial score (nSPS) is 18.5. The number of hydrogen-bond acceptors (Lipinski definition) is 4. The summed E-state index contributed by atoms with van der Waals surface area (Å²) in [4.78, 5) is 7.18. The molecule has 1 aromatic rings. The van der Waals surface area contributed by atoms with E-state index in [2.05, 4.69) is 62.2 Å². The van der Waals surface area contributed by atoms with E-state index in [1.807, 2.05) is 11.8 Å². The molecule has 0 aromatic heterocycles. The van der Waals surface area contributed by atoms with Gasteiger partial charge in [0.1, 0.15) is 0 Å². The van der Waals surface area contributed by atoms with Crippen LogP contribution in [-0.2, 0) is 0 Å². The lowest BCUT2D eigenvalue weighted by Gasteiger charge is -2.24. The molecule has 0 radical (unpaired) electrons. The minimum absolute atomic E-state index is 0.462. The highest BCUT2D eigenvalue weighted by Crippen LogP contribution is 2.24. The average Bonchev–Trinajstić information content (AvgIpc) is 2.50. The first-order valence-corrected chi connectivity index (χ1v) is 8.95. The summed E-state index contributed by atoms with van der Waals surface area (Å²) in [6.07, 6.45) is 1.19. The monoisotopic (exact) mass is 305 g/mol. The third kappa shape index (κ3) is 4.40. The molecule has 1 aliphatic rings. The number of thioether (sulfide) groups is 1. The van der Waals surface area contributed by atoms with Crippen LogP contribution in [0.2, 0.25) is 0 Å². The van der Waals surface area contributed by atoms with Crippen LogP contribution in [0, 0.1) is 5.92 Å². The Hall–Kier alpha value is -1.16. The van der Waals surface area contributed by atoms with E-state index in [9.17, 15) is 0 Å². The predicted molar refractivity (Wildman–Crippen MR) is 96.8 cm³/mol. The van der Waals surface area contributed by atoms with Crippen LogP contribution in [0.25, 0.3) is 0 Å². The van der Waals surface area contributed by atoms with Crippen molar-refractivity contribution in [1.82, 2.24) is 0 Å². The summed E-state index contributed by atoms with van der Waals surface area (Å²) in [5, 5.41) is 4.53. The number of nitrogens with one attached hydrogen (secondary N) is 1. The van der Waals surface area contributed by atoms with Crippen molar-refractivity contribution < 1.29 is 0 Å². The Bertz CT molecular complexity index is 463. The Kier molecular flexibility index (Phi) is 5.97. The van der Waals surface area contributed by atoms with Gasteiger partial charge in [-0.25, -0.2) is 0 Å². The van der Waals surface area contributed by atoms with Gasteiger partial charge in [-0.2, -0.15) is 0 Å². The van der Waals surface area contributed by atoms with Crippen LogP contribution in [0.15, 0.2) is 29.3 Å². The van der Waals surface area contributed by atoms with Gasteiger partial charge in [0.25, 0.3) is 0 Å². The molecule has 0 saturated heterocycles. The molecule has 2 rings (SSSR count). The van der Waals surface area contributed by atoms with Crippen LogP contribution in [0.5, 0.6) is 0 Å². The average molecular weight is 305 g/mol. The quantitative estimate of drug-likeness (QED) is 0.870. The molecule has 0 bridgehead atoms. The van der Waals surface area contributed by atoms with Gasteiger partial charge in [-0.1, -0.05) is 25.6 Å². The van der Waals surface area contributed by atoms with Crippen LogP contribution in [0.4, 0.5) is 11.4 Å². The number of aliphatic imine (C=N–C) groups is 1. The van der Waals surface area contributed by atoms with Gasteiger partial charge in [-0.05, 0) is 50.5 Å². The van der Waals surface area contributed by atoms with Crippen LogP contribution >= 0.6 is 11.8 Å². The van der Waals surface area contributed by atoms with Gasteiger partial charge >= 0.3 is 0 Å². The van der Waals surface area contributed by atoms with Gasteiger partial charge in [-0.3, -0.25) is 4.99 Å². The van der Waals surface area contributed by atoms with E-state index >= 15 is 0 Å². The van der Waals surface area contributed by atoms with Crippen LogP contribution in [-0.4, -0.2) is 30.1 Å². The molecule has 1 aromatic carbocycles. The van der Waals surface area contributed by atoms with E-state index in [0.717, 1.165) is 29.7 Å². The topological polar surface area (TPSA) is 27.6 Å². The van der Waals surface area contributed by atoms with Crippen LogP contribution in [0.1, 0.15) is 34.1 Å². The first-order valence-electron chi connectivity index (χ1n) is 7.96. The van der Waals surface area contributed by atoms with Crippen molar-refractivity contribution in [3.05, 3.63) is 24.3 Å². The summed E-state index contributed by atoms with van der Waals surface area (Å²) >= 11 is 1.83. The summed E-state index contributed by atoms with van der Waals surface area (Å²) in [6.45, 7) is 11.0. The third-order valence-corrected chi connectivity index (χ3v) is 4.87. The highest BCUT2D eigenvalue weighted by molar-refractivity contribution is 8.14. The first-order chi connectivity index (χ1) is 10.1. The largest absolute Gasteiger partial charge is 0.372 e. The fourth-order valence-electron chi connectivity index (χ4n) is 2.55. The second kappa shape index (κ2) is 7.74. The molecule has 1 atom stereocenters. The summed E-state index contributed by atoms with van der Waals surface area (Å²) in [7, 11) is 0. The Balaban J connectivity index is 2.03. The molecule has 1 N–H and O–H groups in total. The van der Waals surface area contributed by atoms with Crippen LogP contribution < -0.4 is 10.2 Å². The highest BCUT2D eigenvalue weighted by atomic mass is 32.2. The van der Waals surface area contributed by atoms with Crippen molar-refractivity contribution >= 4 is 28.3 Å². The number of benzene rings is 1. The molecule has 1 heterocycles. The molecule has 21 heavy (non-hydrogen) atoms. The minimum atomic E-state index is 0.462. The Morgan fingerprint density at radius 3 is 2.48 bits per heavy atom. The highest BCUT2D eigenvalue weighted by Gasteiger charge is 2.18. The van der Waals surface area contributed by atoms with Gasteiger partial charge < -0.3 is 10.2 Å². The van der Waals surface area contributed by atoms with Crippen molar-refractivity contribution in [2.45, 2.75) is 40.2 Å². The van der Waals surface area contributed by atoms with E-state index in [-0.39, 0.29) is 0 Å². The fraction of sp³-hybridized carbons (Fsp3) is 0.588. The Labute approximate surface area is 133 Å². The molecule has 1 unspecified atom stereocenters. The summed E-state index contributed by atoms with van der Waals surface area (Å²) in [5.74, 6) is 1.78. The van der Waals surface area contributed by atoms with Crippen molar-refractivity contribution in [2.24, 2.45) is 10.9 Å². The van der Waals surface area contributed by atoms with E-state index < -0.39 is 0 Å². The molecule has 0 amide bonds. The van der Waals surface area contributed by atoms with Gasteiger partial charge in [0.15, 0.2) is 5.17 Å². The lowest BCUT2D eigenvalue weighted by Crippen LogP contribution is -2.24.